The number of hydrogen-bond acceptors (Lipinski definition) is 4. The summed E-state index contributed by atoms with van der Waals surface area (Å²) < 4.78 is 11.3. The zero-order valence-electron chi connectivity index (χ0n) is 11.8. The van der Waals surface area contributed by atoms with Crippen molar-refractivity contribution in [1.82, 2.24) is 0 Å². The van der Waals surface area contributed by atoms with Gasteiger partial charge < -0.3 is 19.9 Å². The van der Waals surface area contributed by atoms with Crippen LogP contribution in [0.15, 0.2) is 36.4 Å². The number of phenols is 1. The fraction of sp³-hybridized carbons (Fsp3) is 0.250. The molecule has 0 spiro atoms. The van der Waals surface area contributed by atoms with Crippen molar-refractivity contribution in [1.29, 1.82) is 0 Å². The van der Waals surface area contributed by atoms with E-state index in [1.54, 1.807) is 18.2 Å². The van der Waals surface area contributed by atoms with E-state index in [0.29, 0.717) is 22.9 Å². The summed E-state index contributed by atoms with van der Waals surface area (Å²) in [5, 5.41) is 13.6. The predicted octanol–water partition coefficient (Wildman–Crippen LogP) is 4.17. The molecule has 0 radical (unpaired) electrons. The predicted molar refractivity (Wildman–Crippen MR) is 82.2 cm³/mol. The standard InChI is InChI=1S/C16H16ClNO3/c1-16(2)20-14-7-6-10(8-15(14)21-16)18-9-11-12(17)4-3-5-13(11)19/h3-8,18-19H,9H2,1-2H3. The van der Waals surface area contributed by atoms with Crippen LogP contribution in [0, 0.1) is 0 Å². The van der Waals surface area contributed by atoms with E-state index in [1.165, 1.54) is 0 Å². The van der Waals surface area contributed by atoms with Crippen molar-refractivity contribution < 1.29 is 14.6 Å². The molecule has 0 aliphatic carbocycles. The second kappa shape index (κ2) is 5.04. The molecular formula is C16H16ClNO3. The number of hydrogen-bond donors (Lipinski definition) is 2. The Morgan fingerprint density at radius 3 is 2.67 bits per heavy atom. The van der Waals surface area contributed by atoms with Crippen molar-refractivity contribution in [2.45, 2.75) is 26.2 Å². The van der Waals surface area contributed by atoms with Gasteiger partial charge in [-0.2, -0.15) is 0 Å². The third kappa shape index (κ3) is 2.85. The van der Waals surface area contributed by atoms with Crippen molar-refractivity contribution in [2.24, 2.45) is 0 Å². The first-order chi connectivity index (χ1) is 9.94. The van der Waals surface area contributed by atoms with E-state index in [4.69, 9.17) is 21.1 Å². The second-order valence-corrected chi connectivity index (χ2v) is 5.76. The van der Waals surface area contributed by atoms with Gasteiger partial charge in [-0.15, -0.1) is 0 Å². The van der Waals surface area contributed by atoms with E-state index in [0.717, 1.165) is 11.4 Å². The highest BCUT2D eigenvalue weighted by Gasteiger charge is 2.31. The van der Waals surface area contributed by atoms with Crippen LogP contribution in [0.4, 0.5) is 5.69 Å². The van der Waals surface area contributed by atoms with Crippen molar-refractivity contribution in [3.05, 3.63) is 47.0 Å². The molecule has 3 rings (SSSR count). The van der Waals surface area contributed by atoms with Crippen molar-refractivity contribution in [3.63, 3.8) is 0 Å². The number of halogens is 1. The fourth-order valence-electron chi connectivity index (χ4n) is 2.25. The van der Waals surface area contributed by atoms with Gasteiger partial charge in [0.05, 0.1) is 0 Å². The van der Waals surface area contributed by atoms with E-state index in [1.807, 2.05) is 32.0 Å². The second-order valence-electron chi connectivity index (χ2n) is 5.36. The zero-order chi connectivity index (χ0) is 15.0. The average molecular weight is 306 g/mol. The van der Waals surface area contributed by atoms with Crippen LogP contribution in [0.5, 0.6) is 17.2 Å². The molecule has 2 aromatic carbocycles. The third-order valence-corrected chi connectivity index (χ3v) is 3.57. The molecule has 0 atom stereocenters. The van der Waals surface area contributed by atoms with E-state index in [9.17, 15) is 5.11 Å². The van der Waals surface area contributed by atoms with E-state index >= 15 is 0 Å². The maximum Gasteiger partial charge on any atom is 0.246 e. The van der Waals surface area contributed by atoms with Gasteiger partial charge in [0.25, 0.3) is 0 Å². The number of benzene rings is 2. The van der Waals surface area contributed by atoms with Crippen LogP contribution < -0.4 is 14.8 Å². The lowest BCUT2D eigenvalue weighted by Gasteiger charge is -2.16. The summed E-state index contributed by atoms with van der Waals surface area (Å²) in [6, 6.07) is 10.7. The van der Waals surface area contributed by atoms with Gasteiger partial charge in [0, 0.05) is 42.7 Å². The molecule has 0 unspecified atom stereocenters. The Bertz CT molecular complexity index is 665. The molecule has 2 aromatic rings. The highest BCUT2D eigenvalue weighted by atomic mass is 35.5. The van der Waals surface area contributed by atoms with E-state index in [2.05, 4.69) is 5.32 Å². The summed E-state index contributed by atoms with van der Waals surface area (Å²) in [5.74, 6) is 0.971. The van der Waals surface area contributed by atoms with Gasteiger partial charge >= 0.3 is 0 Å². The molecule has 1 heterocycles. The van der Waals surface area contributed by atoms with Gasteiger partial charge in [-0.3, -0.25) is 0 Å². The Balaban J connectivity index is 1.76. The van der Waals surface area contributed by atoms with Crippen LogP contribution in [0.2, 0.25) is 5.02 Å². The van der Waals surface area contributed by atoms with Gasteiger partial charge in [0.2, 0.25) is 5.79 Å². The van der Waals surface area contributed by atoms with E-state index in [-0.39, 0.29) is 5.75 Å². The molecule has 21 heavy (non-hydrogen) atoms. The summed E-state index contributed by atoms with van der Waals surface area (Å²) in [6.45, 7) is 4.15. The molecular weight excluding hydrogens is 290 g/mol. The molecule has 0 fully saturated rings. The summed E-state index contributed by atoms with van der Waals surface area (Å²) in [4.78, 5) is 0. The largest absolute Gasteiger partial charge is 0.508 e. The summed E-state index contributed by atoms with van der Waals surface area (Å²) in [5.41, 5.74) is 1.53. The Labute approximate surface area is 128 Å². The number of phenolic OH excluding ortho intramolecular Hbond substituents is 1. The molecule has 5 heteroatoms. The maximum absolute atomic E-state index is 9.82. The molecule has 0 saturated heterocycles. The van der Waals surface area contributed by atoms with Crippen LogP contribution >= 0.6 is 11.6 Å². The molecule has 0 aromatic heterocycles. The minimum atomic E-state index is -0.637. The third-order valence-electron chi connectivity index (χ3n) is 3.22. The lowest BCUT2D eigenvalue weighted by molar-refractivity contribution is -0.0431. The van der Waals surface area contributed by atoms with Crippen LogP contribution in [0.3, 0.4) is 0 Å². The Morgan fingerprint density at radius 1 is 1.14 bits per heavy atom. The highest BCUT2D eigenvalue weighted by Crippen LogP contribution is 2.40. The smallest absolute Gasteiger partial charge is 0.246 e. The zero-order valence-corrected chi connectivity index (χ0v) is 12.6. The number of ether oxygens (including phenoxy) is 2. The number of fused-ring (bicyclic) bond motifs is 1. The van der Waals surface area contributed by atoms with Gasteiger partial charge in [-0.05, 0) is 24.3 Å². The molecule has 0 saturated carbocycles. The first kappa shape index (κ1) is 13.9. The number of rotatable bonds is 3. The van der Waals surface area contributed by atoms with Crippen LogP contribution in [-0.2, 0) is 6.54 Å². The number of nitrogens with one attached hydrogen (secondary N) is 1. The minimum Gasteiger partial charge on any atom is -0.508 e. The molecule has 4 nitrogen and oxygen atoms in total. The van der Waals surface area contributed by atoms with Crippen molar-refractivity contribution in [3.8, 4) is 17.2 Å². The van der Waals surface area contributed by atoms with Gasteiger partial charge in [0.1, 0.15) is 5.75 Å². The van der Waals surface area contributed by atoms with Crippen LogP contribution in [-0.4, -0.2) is 10.9 Å². The fourth-order valence-corrected chi connectivity index (χ4v) is 2.48. The minimum absolute atomic E-state index is 0.178. The van der Waals surface area contributed by atoms with Crippen molar-refractivity contribution >= 4 is 17.3 Å². The van der Waals surface area contributed by atoms with Crippen LogP contribution in [0.25, 0.3) is 0 Å². The van der Waals surface area contributed by atoms with Gasteiger partial charge in [-0.1, -0.05) is 17.7 Å². The molecule has 1 aliphatic rings. The highest BCUT2D eigenvalue weighted by molar-refractivity contribution is 6.31. The topological polar surface area (TPSA) is 50.7 Å². The Hall–Kier alpha value is -2.07. The van der Waals surface area contributed by atoms with Crippen LogP contribution in [0.1, 0.15) is 19.4 Å². The average Bonchev–Trinajstić information content (AvgIpc) is 2.71. The first-order valence-electron chi connectivity index (χ1n) is 6.67. The number of aromatic hydroxyl groups is 1. The molecule has 110 valence electrons. The molecule has 0 bridgehead atoms. The summed E-state index contributed by atoms with van der Waals surface area (Å²) in [6.07, 6.45) is 0. The van der Waals surface area contributed by atoms with Gasteiger partial charge in [0.15, 0.2) is 11.5 Å². The summed E-state index contributed by atoms with van der Waals surface area (Å²) >= 11 is 6.08. The molecule has 1 aliphatic heterocycles. The Morgan fingerprint density at radius 2 is 1.90 bits per heavy atom. The lowest BCUT2D eigenvalue weighted by Crippen LogP contribution is -2.29. The summed E-state index contributed by atoms with van der Waals surface area (Å²) in [7, 11) is 0. The van der Waals surface area contributed by atoms with Crippen molar-refractivity contribution in [2.75, 3.05) is 5.32 Å². The van der Waals surface area contributed by atoms with E-state index < -0.39 is 5.79 Å². The van der Waals surface area contributed by atoms with Gasteiger partial charge in [-0.25, -0.2) is 0 Å². The molecule has 0 amide bonds. The molecule has 2 N–H and O–H groups in total. The monoisotopic (exact) mass is 305 g/mol. The first-order valence-corrected chi connectivity index (χ1v) is 7.05. The SMILES string of the molecule is CC1(C)Oc2ccc(NCc3c(O)cccc3Cl)cc2O1. The maximum atomic E-state index is 9.82. The number of anilines is 1. The quantitative estimate of drug-likeness (QED) is 0.894. The normalized spacial score (nSPS) is 15.0. The Kier molecular flexibility index (Phi) is 3.33. The lowest BCUT2D eigenvalue weighted by atomic mass is 10.2.